The molecule has 0 fully saturated rings. The van der Waals surface area contributed by atoms with E-state index in [-0.39, 0.29) is 18.5 Å². The van der Waals surface area contributed by atoms with Gasteiger partial charge in [0.1, 0.15) is 0 Å². The molecule has 0 aromatic heterocycles. The number of amides is 1. The van der Waals surface area contributed by atoms with Crippen molar-refractivity contribution in [2.75, 3.05) is 13.2 Å². The van der Waals surface area contributed by atoms with Crippen LogP contribution in [0.15, 0.2) is 36.5 Å². The van der Waals surface area contributed by atoms with Gasteiger partial charge in [-0.2, -0.15) is 0 Å². The van der Waals surface area contributed by atoms with Crippen LogP contribution in [0.5, 0.6) is 0 Å². The van der Waals surface area contributed by atoms with Crippen molar-refractivity contribution in [2.45, 2.75) is 450 Å². The van der Waals surface area contributed by atoms with Gasteiger partial charge in [0.05, 0.1) is 25.4 Å². The summed E-state index contributed by atoms with van der Waals surface area (Å²) >= 11 is 0. The molecule has 0 aromatic carbocycles. The lowest BCUT2D eigenvalue weighted by molar-refractivity contribution is -0.143. The molecule has 6 nitrogen and oxygen atoms in total. The zero-order valence-electron chi connectivity index (χ0n) is 58.3. The van der Waals surface area contributed by atoms with E-state index in [4.69, 9.17) is 4.74 Å². The lowest BCUT2D eigenvalue weighted by Crippen LogP contribution is -2.45. The minimum atomic E-state index is -0.841. The van der Waals surface area contributed by atoms with Gasteiger partial charge in [-0.1, -0.05) is 397 Å². The number of rotatable bonds is 74. The fourth-order valence-electron chi connectivity index (χ4n) is 12.4. The van der Waals surface area contributed by atoms with Gasteiger partial charge >= 0.3 is 5.97 Å². The Morgan fingerprint density at radius 1 is 0.326 bits per heavy atom. The van der Waals surface area contributed by atoms with E-state index in [9.17, 15) is 19.8 Å². The van der Waals surface area contributed by atoms with Crippen molar-refractivity contribution < 1.29 is 24.5 Å². The van der Waals surface area contributed by atoms with Crippen molar-refractivity contribution >= 4 is 11.9 Å². The Labute approximate surface area is 538 Å². The SMILES string of the molecule is CCCCCCCCCCC/C=C/C(O)C(CO)NC(=O)CCCCCCCCCCCCCCCCCCC/C=C\C/C=C\CCCCCCCCCCCCCCCCCOC(=O)CCCCCCCCCCCCCCCCCCCCC. The predicted octanol–water partition coefficient (Wildman–Crippen LogP) is 25.8. The van der Waals surface area contributed by atoms with E-state index in [2.05, 4.69) is 43.5 Å². The maximum absolute atomic E-state index is 12.4. The highest BCUT2D eigenvalue weighted by atomic mass is 16.5. The summed E-state index contributed by atoms with van der Waals surface area (Å²) in [5.74, 6) is -0.0388. The number of allylic oxidation sites excluding steroid dienone is 5. The largest absolute Gasteiger partial charge is 0.466 e. The minimum Gasteiger partial charge on any atom is -0.466 e. The minimum absolute atomic E-state index is 0.0256. The van der Waals surface area contributed by atoms with Gasteiger partial charge in [-0.25, -0.2) is 0 Å². The number of esters is 1. The van der Waals surface area contributed by atoms with E-state index < -0.39 is 12.1 Å². The third kappa shape index (κ3) is 71.2. The highest BCUT2D eigenvalue weighted by Crippen LogP contribution is 2.19. The summed E-state index contributed by atoms with van der Waals surface area (Å²) in [6.45, 7) is 4.93. The maximum Gasteiger partial charge on any atom is 0.305 e. The van der Waals surface area contributed by atoms with Gasteiger partial charge in [-0.05, 0) is 64.2 Å². The number of unbranched alkanes of at least 4 members (excludes halogenated alkanes) is 59. The van der Waals surface area contributed by atoms with E-state index in [1.165, 1.54) is 366 Å². The zero-order valence-corrected chi connectivity index (χ0v) is 58.3. The van der Waals surface area contributed by atoms with Crippen LogP contribution in [0.4, 0.5) is 0 Å². The third-order valence-corrected chi connectivity index (χ3v) is 18.4. The van der Waals surface area contributed by atoms with Crippen molar-refractivity contribution in [1.29, 1.82) is 0 Å². The lowest BCUT2D eigenvalue weighted by Gasteiger charge is -2.20. The van der Waals surface area contributed by atoms with E-state index in [1.54, 1.807) is 6.08 Å². The van der Waals surface area contributed by atoms with Crippen molar-refractivity contribution in [2.24, 2.45) is 0 Å². The highest BCUT2D eigenvalue weighted by Gasteiger charge is 2.18. The summed E-state index contributed by atoms with van der Waals surface area (Å²) in [4.78, 5) is 24.6. The number of ether oxygens (including phenoxy) is 1. The summed E-state index contributed by atoms with van der Waals surface area (Å²) in [7, 11) is 0. The highest BCUT2D eigenvalue weighted by molar-refractivity contribution is 5.76. The quantitative estimate of drug-likeness (QED) is 0.0320. The first-order valence-corrected chi connectivity index (χ1v) is 39.3. The van der Waals surface area contributed by atoms with Crippen molar-refractivity contribution in [3.8, 4) is 0 Å². The first-order chi connectivity index (χ1) is 42.5. The predicted molar refractivity (Wildman–Crippen MR) is 379 cm³/mol. The molecule has 0 radical (unpaired) electrons. The van der Waals surface area contributed by atoms with Gasteiger partial charge in [-0.15, -0.1) is 0 Å². The second-order valence-electron chi connectivity index (χ2n) is 27.0. The van der Waals surface area contributed by atoms with Crippen LogP contribution in [-0.2, 0) is 14.3 Å². The normalized spacial score (nSPS) is 12.7. The number of carbonyl (C=O) groups excluding carboxylic acids is 2. The number of hydrogen-bond acceptors (Lipinski definition) is 5. The van der Waals surface area contributed by atoms with Gasteiger partial charge in [-0.3, -0.25) is 9.59 Å². The van der Waals surface area contributed by atoms with Crippen LogP contribution in [0.1, 0.15) is 438 Å². The molecule has 0 saturated heterocycles. The van der Waals surface area contributed by atoms with Crippen LogP contribution >= 0.6 is 0 Å². The molecule has 0 saturated carbocycles. The molecule has 0 aliphatic heterocycles. The molecular formula is C80H153NO5. The molecule has 0 aliphatic carbocycles. The molecule has 0 spiro atoms. The Bertz CT molecular complexity index is 1390. The Balaban J connectivity index is 3.32. The monoisotopic (exact) mass is 1210 g/mol. The standard InChI is InChI=1S/C80H153NO5/c1-3-5-7-9-11-13-15-16-17-18-40-44-47-50-54-58-62-66-70-74-80(85)86-75-71-67-63-59-55-51-48-45-42-39-37-35-33-31-29-27-25-23-21-19-20-22-24-26-28-30-32-34-36-38-41-43-46-49-53-57-61-65-69-73-79(84)81-77(76-82)78(83)72-68-64-60-56-52-14-12-10-8-6-4-2/h19-20,23,25,68,72,77-78,82-83H,3-18,21-22,24,26-67,69-71,73-76H2,1-2H3,(H,81,84)/b20-19-,25-23-,72-68+. The van der Waals surface area contributed by atoms with Crippen LogP contribution in [-0.4, -0.2) is 47.4 Å². The topological polar surface area (TPSA) is 95.9 Å². The Kier molecular flexibility index (Phi) is 73.9. The average molecular weight is 1210 g/mol. The number of nitrogens with one attached hydrogen (secondary N) is 1. The van der Waals surface area contributed by atoms with Gasteiger partial charge in [0, 0.05) is 12.8 Å². The molecule has 0 rings (SSSR count). The lowest BCUT2D eigenvalue weighted by atomic mass is 10.0. The summed E-state index contributed by atoms with van der Waals surface area (Å²) in [6.07, 6.45) is 98.6. The summed E-state index contributed by atoms with van der Waals surface area (Å²) in [5.41, 5.74) is 0. The second kappa shape index (κ2) is 75.5. The number of aliphatic hydroxyl groups is 2. The first kappa shape index (κ1) is 84.1. The molecule has 0 aromatic rings. The molecule has 0 heterocycles. The molecular weight excluding hydrogens is 1050 g/mol. The molecule has 0 bridgehead atoms. The van der Waals surface area contributed by atoms with E-state index in [0.717, 1.165) is 44.9 Å². The molecule has 0 aliphatic rings. The Morgan fingerprint density at radius 3 is 0.884 bits per heavy atom. The van der Waals surface area contributed by atoms with Gasteiger partial charge in [0.2, 0.25) is 5.91 Å². The number of hydrogen-bond donors (Lipinski definition) is 3. The van der Waals surface area contributed by atoms with Gasteiger partial charge < -0.3 is 20.3 Å². The third-order valence-electron chi connectivity index (χ3n) is 18.4. The molecule has 508 valence electrons. The van der Waals surface area contributed by atoms with E-state index in [1.807, 2.05) is 6.08 Å². The maximum atomic E-state index is 12.4. The molecule has 86 heavy (non-hydrogen) atoms. The number of carbonyl (C=O) groups is 2. The van der Waals surface area contributed by atoms with Crippen molar-refractivity contribution in [1.82, 2.24) is 5.32 Å². The van der Waals surface area contributed by atoms with Crippen LogP contribution in [0.3, 0.4) is 0 Å². The molecule has 3 N–H and O–H groups in total. The van der Waals surface area contributed by atoms with Crippen molar-refractivity contribution in [3.63, 3.8) is 0 Å². The van der Waals surface area contributed by atoms with E-state index in [0.29, 0.717) is 19.4 Å². The Morgan fingerprint density at radius 2 is 0.581 bits per heavy atom. The van der Waals surface area contributed by atoms with Crippen LogP contribution in [0.2, 0.25) is 0 Å². The van der Waals surface area contributed by atoms with Crippen LogP contribution < -0.4 is 5.32 Å². The molecule has 6 heteroatoms. The average Bonchev–Trinajstić information content (AvgIpc) is 3.59. The molecule has 2 unspecified atom stereocenters. The molecule has 2 atom stereocenters. The number of aliphatic hydroxyl groups excluding tert-OH is 2. The van der Waals surface area contributed by atoms with Crippen molar-refractivity contribution in [3.05, 3.63) is 36.5 Å². The summed E-state index contributed by atoms with van der Waals surface area (Å²) < 4.78 is 5.52. The van der Waals surface area contributed by atoms with E-state index >= 15 is 0 Å². The first-order valence-electron chi connectivity index (χ1n) is 39.3. The van der Waals surface area contributed by atoms with Gasteiger partial charge in [0.15, 0.2) is 0 Å². The fraction of sp³-hybridized carbons (Fsp3) is 0.900. The van der Waals surface area contributed by atoms with Crippen LogP contribution in [0.25, 0.3) is 0 Å². The summed E-state index contributed by atoms with van der Waals surface area (Å²) in [5, 5.41) is 23.1. The Hall–Kier alpha value is -1.92. The second-order valence-corrected chi connectivity index (χ2v) is 27.0. The summed E-state index contributed by atoms with van der Waals surface area (Å²) in [6, 6.07) is -0.624. The fourth-order valence-corrected chi connectivity index (χ4v) is 12.4. The smallest absolute Gasteiger partial charge is 0.305 e. The zero-order chi connectivity index (χ0) is 62.0. The van der Waals surface area contributed by atoms with Gasteiger partial charge in [0.25, 0.3) is 0 Å². The van der Waals surface area contributed by atoms with Crippen LogP contribution in [0, 0.1) is 0 Å². The molecule has 1 amide bonds.